The maximum absolute atomic E-state index is 13.8. The number of aliphatic hydroxyl groups is 1. The molecule has 1 aromatic rings. The van der Waals surface area contributed by atoms with Crippen molar-refractivity contribution in [2.75, 3.05) is 13.2 Å². The normalized spacial score (nSPS) is 16.1. The summed E-state index contributed by atoms with van der Waals surface area (Å²) in [5.74, 6) is -0.742. The van der Waals surface area contributed by atoms with Crippen LogP contribution in [0.4, 0.5) is 4.79 Å². The molecule has 1 fully saturated rings. The van der Waals surface area contributed by atoms with E-state index in [1.54, 1.807) is 20.8 Å². The fourth-order valence-corrected chi connectivity index (χ4v) is 4.48. The lowest BCUT2D eigenvalue weighted by Crippen LogP contribution is -2.55. The lowest BCUT2D eigenvalue weighted by molar-refractivity contribution is -0.143. The lowest BCUT2D eigenvalue weighted by Gasteiger charge is -2.35. The van der Waals surface area contributed by atoms with Crippen LogP contribution in [-0.2, 0) is 14.3 Å². The topological polar surface area (TPSA) is 108 Å². The third-order valence-corrected chi connectivity index (χ3v) is 6.36. The third kappa shape index (κ3) is 9.45. The third-order valence-electron chi connectivity index (χ3n) is 6.36. The van der Waals surface area contributed by atoms with Crippen LogP contribution in [-0.4, -0.2) is 58.8 Å². The van der Waals surface area contributed by atoms with Crippen molar-refractivity contribution in [3.05, 3.63) is 35.4 Å². The minimum Gasteiger partial charge on any atom is -0.444 e. The monoisotopic (exact) mass is 503 g/mol. The highest BCUT2D eigenvalue weighted by molar-refractivity contribution is 5.92. The number of carbonyl (C=O) groups excluding carboxylic acids is 3. The molecule has 0 bridgehead atoms. The Balaban J connectivity index is 2.37. The number of alkyl carbamates (subject to hydrolysis) is 1. The van der Waals surface area contributed by atoms with Crippen LogP contribution >= 0.6 is 0 Å². The van der Waals surface area contributed by atoms with Gasteiger partial charge in [0.1, 0.15) is 17.7 Å². The Labute approximate surface area is 216 Å². The van der Waals surface area contributed by atoms with Crippen molar-refractivity contribution in [3.63, 3.8) is 0 Å². The lowest BCUT2D eigenvalue weighted by atomic mass is 9.94. The fourth-order valence-electron chi connectivity index (χ4n) is 4.48. The second-order valence-electron chi connectivity index (χ2n) is 10.8. The number of amides is 3. The minimum absolute atomic E-state index is 0.0836. The Hall–Kier alpha value is -2.61. The van der Waals surface area contributed by atoms with E-state index in [-0.39, 0.29) is 11.9 Å². The standard InChI is InChI=1S/C28H45N3O5/c1-6-7-11-18-31(26(34)23(19-32)30-27(35)36-28(3,4)5)24(21-16-14-20(2)15-17-21)25(33)29-22-12-9-8-10-13-22/h14-17,22-24,32H,6-13,18-19H2,1-5H3,(H,29,33)(H,30,35). The number of nitrogens with zero attached hydrogens (tertiary/aromatic N) is 1. The Bertz CT molecular complexity index is 844. The quantitative estimate of drug-likeness (QED) is 0.388. The van der Waals surface area contributed by atoms with Crippen molar-refractivity contribution in [1.82, 2.24) is 15.5 Å². The zero-order valence-electron chi connectivity index (χ0n) is 22.6. The molecule has 3 N–H and O–H groups in total. The fraction of sp³-hybridized carbons (Fsp3) is 0.679. The van der Waals surface area contributed by atoms with E-state index in [0.717, 1.165) is 44.1 Å². The second-order valence-corrected chi connectivity index (χ2v) is 10.8. The minimum atomic E-state index is -1.23. The number of aliphatic hydroxyl groups excluding tert-OH is 1. The maximum Gasteiger partial charge on any atom is 0.408 e. The first-order valence-corrected chi connectivity index (χ1v) is 13.3. The molecule has 0 saturated heterocycles. The van der Waals surface area contributed by atoms with Gasteiger partial charge in [0.2, 0.25) is 11.8 Å². The molecular formula is C28H45N3O5. The summed E-state index contributed by atoms with van der Waals surface area (Å²) in [4.78, 5) is 41.4. The summed E-state index contributed by atoms with van der Waals surface area (Å²) in [5, 5.41) is 15.7. The van der Waals surface area contributed by atoms with Crippen molar-refractivity contribution in [2.24, 2.45) is 0 Å². The number of ether oxygens (including phenoxy) is 1. The van der Waals surface area contributed by atoms with E-state index in [1.165, 1.54) is 11.3 Å². The zero-order chi connectivity index (χ0) is 26.7. The molecule has 2 atom stereocenters. The molecule has 0 spiro atoms. The summed E-state index contributed by atoms with van der Waals surface area (Å²) < 4.78 is 5.29. The van der Waals surface area contributed by atoms with Gasteiger partial charge in [-0.2, -0.15) is 0 Å². The van der Waals surface area contributed by atoms with Gasteiger partial charge >= 0.3 is 6.09 Å². The van der Waals surface area contributed by atoms with Gasteiger partial charge in [-0.3, -0.25) is 9.59 Å². The molecule has 0 heterocycles. The first kappa shape index (κ1) is 29.6. The van der Waals surface area contributed by atoms with Crippen LogP contribution in [0.3, 0.4) is 0 Å². The predicted octanol–water partition coefficient (Wildman–Crippen LogP) is 4.39. The Morgan fingerprint density at radius 3 is 2.28 bits per heavy atom. The van der Waals surface area contributed by atoms with Gasteiger partial charge < -0.3 is 25.4 Å². The number of unbranched alkanes of at least 4 members (excludes halogenated alkanes) is 2. The highest BCUT2D eigenvalue weighted by atomic mass is 16.6. The van der Waals surface area contributed by atoms with E-state index in [4.69, 9.17) is 4.74 Å². The van der Waals surface area contributed by atoms with E-state index in [0.29, 0.717) is 18.5 Å². The molecule has 0 aliphatic heterocycles. The molecular weight excluding hydrogens is 458 g/mol. The largest absolute Gasteiger partial charge is 0.444 e. The molecule has 1 aromatic carbocycles. The van der Waals surface area contributed by atoms with Gasteiger partial charge in [0.05, 0.1) is 6.61 Å². The molecule has 1 saturated carbocycles. The van der Waals surface area contributed by atoms with Crippen molar-refractivity contribution >= 4 is 17.9 Å². The first-order chi connectivity index (χ1) is 17.1. The maximum atomic E-state index is 13.8. The highest BCUT2D eigenvalue weighted by Crippen LogP contribution is 2.26. The molecule has 0 aromatic heterocycles. The number of benzene rings is 1. The molecule has 1 aliphatic rings. The van der Waals surface area contributed by atoms with Crippen LogP contribution in [0.2, 0.25) is 0 Å². The van der Waals surface area contributed by atoms with E-state index < -0.39 is 36.3 Å². The molecule has 8 heteroatoms. The number of hydrogen-bond donors (Lipinski definition) is 3. The van der Waals surface area contributed by atoms with Crippen LogP contribution < -0.4 is 10.6 Å². The molecule has 3 amide bonds. The van der Waals surface area contributed by atoms with Gasteiger partial charge in [-0.15, -0.1) is 0 Å². The molecule has 202 valence electrons. The van der Waals surface area contributed by atoms with Crippen LogP contribution in [0, 0.1) is 6.92 Å². The Morgan fingerprint density at radius 1 is 1.08 bits per heavy atom. The van der Waals surface area contributed by atoms with E-state index in [9.17, 15) is 19.5 Å². The van der Waals surface area contributed by atoms with Crippen molar-refractivity contribution in [3.8, 4) is 0 Å². The predicted molar refractivity (Wildman–Crippen MR) is 140 cm³/mol. The summed E-state index contributed by atoms with van der Waals surface area (Å²) in [7, 11) is 0. The van der Waals surface area contributed by atoms with Crippen LogP contribution in [0.25, 0.3) is 0 Å². The highest BCUT2D eigenvalue weighted by Gasteiger charge is 2.36. The average molecular weight is 504 g/mol. The van der Waals surface area contributed by atoms with Gasteiger partial charge in [0.15, 0.2) is 0 Å². The number of aryl methyl sites for hydroxylation is 1. The zero-order valence-corrected chi connectivity index (χ0v) is 22.6. The molecule has 8 nitrogen and oxygen atoms in total. The number of hydrogen-bond acceptors (Lipinski definition) is 5. The average Bonchev–Trinajstić information content (AvgIpc) is 2.82. The second kappa shape index (κ2) is 14.2. The number of rotatable bonds is 11. The smallest absolute Gasteiger partial charge is 0.408 e. The summed E-state index contributed by atoms with van der Waals surface area (Å²) >= 11 is 0. The summed E-state index contributed by atoms with van der Waals surface area (Å²) in [5.41, 5.74) is 1.000. The summed E-state index contributed by atoms with van der Waals surface area (Å²) in [6.07, 6.45) is 6.92. The van der Waals surface area contributed by atoms with E-state index >= 15 is 0 Å². The first-order valence-electron chi connectivity index (χ1n) is 13.3. The van der Waals surface area contributed by atoms with Crippen LogP contribution in [0.5, 0.6) is 0 Å². The number of carbonyl (C=O) groups is 3. The van der Waals surface area contributed by atoms with Gasteiger partial charge in [-0.25, -0.2) is 4.79 Å². The van der Waals surface area contributed by atoms with Gasteiger partial charge in [-0.1, -0.05) is 68.9 Å². The van der Waals surface area contributed by atoms with Crippen molar-refractivity contribution in [2.45, 2.75) is 110 Å². The van der Waals surface area contributed by atoms with Gasteiger partial charge in [0.25, 0.3) is 0 Å². The molecule has 36 heavy (non-hydrogen) atoms. The van der Waals surface area contributed by atoms with Gasteiger partial charge in [-0.05, 0) is 52.5 Å². The van der Waals surface area contributed by atoms with Gasteiger partial charge in [0, 0.05) is 12.6 Å². The van der Waals surface area contributed by atoms with E-state index in [2.05, 4.69) is 17.6 Å². The van der Waals surface area contributed by atoms with Crippen LogP contribution in [0.15, 0.2) is 24.3 Å². The SMILES string of the molecule is CCCCCN(C(=O)C(CO)NC(=O)OC(C)(C)C)C(C(=O)NC1CCCCC1)c1ccc(C)cc1. The Kier molecular flexibility index (Phi) is 11.7. The van der Waals surface area contributed by atoms with Crippen LogP contribution in [0.1, 0.15) is 96.2 Å². The molecule has 2 unspecified atom stereocenters. The number of nitrogens with one attached hydrogen (secondary N) is 2. The molecule has 1 aliphatic carbocycles. The molecule has 2 rings (SSSR count). The Morgan fingerprint density at radius 2 is 1.72 bits per heavy atom. The van der Waals surface area contributed by atoms with Crippen molar-refractivity contribution < 1.29 is 24.2 Å². The van der Waals surface area contributed by atoms with Crippen molar-refractivity contribution in [1.29, 1.82) is 0 Å². The molecule has 0 radical (unpaired) electrons. The van der Waals surface area contributed by atoms with E-state index in [1.807, 2.05) is 31.2 Å². The summed E-state index contributed by atoms with van der Waals surface area (Å²) in [6.45, 7) is 8.94. The summed E-state index contributed by atoms with van der Waals surface area (Å²) in [6, 6.07) is 5.58.